The van der Waals surface area contributed by atoms with Gasteiger partial charge in [0.1, 0.15) is 29.5 Å². The molecule has 13 nitrogen and oxygen atoms in total. The molecule has 5 heterocycles. The zero-order chi connectivity index (χ0) is 37.0. The molecule has 16 heteroatoms. The third kappa shape index (κ3) is 6.12. The molecule has 53 heavy (non-hydrogen) atoms. The van der Waals surface area contributed by atoms with Crippen molar-refractivity contribution in [3.63, 3.8) is 0 Å². The van der Waals surface area contributed by atoms with Crippen LogP contribution in [0.25, 0.3) is 16.6 Å². The molecule has 3 aliphatic rings. The molecule has 0 bridgehead atoms. The van der Waals surface area contributed by atoms with E-state index < -0.39 is 42.1 Å². The maximum atomic E-state index is 14.1. The first-order valence-corrected chi connectivity index (χ1v) is 17.0. The van der Waals surface area contributed by atoms with E-state index in [9.17, 15) is 27.6 Å². The third-order valence-corrected chi connectivity index (χ3v) is 10.0. The number of nitrogens with one attached hydrogen (secondary N) is 2. The Morgan fingerprint density at radius 2 is 1.83 bits per heavy atom. The molecule has 4 N–H and O–H groups in total. The van der Waals surface area contributed by atoms with Crippen molar-refractivity contribution >= 4 is 40.1 Å². The molecule has 3 saturated heterocycles. The largest absolute Gasteiger partial charge is 0.485 e. The number of likely N-dealkylation sites (tertiary alicyclic amines) is 1. The first-order valence-electron chi connectivity index (χ1n) is 17.0. The fraction of sp³-hybridized carbons (Fsp3) is 0.297. The summed E-state index contributed by atoms with van der Waals surface area (Å²) in [5.74, 6) is -1.14. The van der Waals surface area contributed by atoms with Gasteiger partial charge >= 0.3 is 6.03 Å². The minimum Gasteiger partial charge on any atom is -0.485 e. The highest BCUT2D eigenvalue weighted by Crippen LogP contribution is 2.40. The molecule has 3 aliphatic heterocycles. The molecule has 1 spiro atoms. The topological polar surface area (TPSA) is 157 Å². The number of nitrogen functional groups attached to an aromatic ring is 1. The van der Waals surface area contributed by atoms with Crippen molar-refractivity contribution in [1.29, 1.82) is 0 Å². The highest BCUT2D eigenvalue weighted by Gasteiger charge is 2.54. The molecule has 0 saturated carbocycles. The fourth-order valence-electron chi connectivity index (χ4n) is 7.05. The van der Waals surface area contributed by atoms with E-state index in [1.54, 1.807) is 37.3 Å². The Morgan fingerprint density at radius 1 is 1.06 bits per heavy atom. The smallest absolute Gasteiger partial charge is 0.329 e. The van der Waals surface area contributed by atoms with Crippen LogP contribution in [0.1, 0.15) is 34.5 Å². The Labute approximate surface area is 300 Å². The van der Waals surface area contributed by atoms with Crippen molar-refractivity contribution in [3.05, 3.63) is 89.5 Å². The fourth-order valence-corrected chi connectivity index (χ4v) is 7.05. The molecular weight excluding hydrogens is 695 g/mol. The van der Waals surface area contributed by atoms with Gasteiger partial charge in [0.2, 0.25) is 5.78 Å². The number of amides is 3. The van der Waals surface area contributed by atoms with E-state index in [0.29, 0.717) is 67.0 Å². The van der Waals surface area contributed by atoms with E-state index >= 15 is 0 Å². The van der Waals surface area contributed by atoms with Gasteiger partial charge in [-0.1, -0.05) is 12.1 Å². The maximum absolute atomic E-state index is 14.1. The predicted octanol–water partition coefficient (Wildman–Crippen LogP) is 5.34. The number of urea groups is 1. The summed E-state index contributed by atoms with van der Waals surface area (Å²) in [4.78, 5) is 47.4. The number of imide groups is 1. The molecular formula is C37H34F3N7O6. The molecule has 8 rings (SSSR count). The number of piperidine rings is 1. The molecule has 274 valence electrons. The Hall–Kier alpha value is -5.87. The van der Waals surface area contributed by atoms with Crippen molar-refractivity contribution in [1.82, 2.24) is 25.0 Å². The number of fused-ring (bicyclic) bond motifs is 1. The van der Waals surface area contributed by atoms with Crippen LogP contribution in [0.15, 0.2) is 66.9 Å². The summed E-state index contributed by atoms with van der Waals surface area (Å²) < 4.78 is 58.6. The Kier molecular flexibility index (Phi) is 8.57. The number of aromatic nitrogens is 3. The summed E-state index contributed by atoms with van der Waals surface area (Å²) in [6, 6.07) is 15.0. The number of alkyl halides is 2. The van der Waals surface area contributed by atoms with Crippen LogP contribution in [0.3, 0.4) is 0 Å². The van der Waals surface area contributed by atoms with E-state index in [0.717, 1.165) is 4.90 Å². The van der Waals surface area contributed by atoms with Crippen molar-refractivity contribution in [2.24, 2.45) is 0 Å². The number of ketones is 1. The Bertz CT molecular complexity index is 2260. The molecule has 2 aromatic heterocycles. The third-order valence-electron chi connectivity index (χ3n) is 10.0. The number of aromatic amines is 1. The van der Waals surface area contributed by atoms with Crippen LogP contribution in [-0.2, 0) is 9.53 Å². The molecule has 5 aromatic rings. The summed E-state index contributed by atoms with van der Waals surface area (Å²) in [7, 11) is 0. The number of rotatable bonds is 10. The van der Waals surface area contributed by atoms with Crippen LogP contribution < -0.4 is 25.4 Å². The standard InChI is InChI=1S/C37H34F3N7O6/c1-20-12-23(53-30-5-3-2-4-25(30)38)6-7-28(20)47-34(41)24(16-42-47)33(48)27-13-21-14-31(52-19-32(39)40)29(15-26(21)43-27)46-35(49)37(44-36(46)50)8-10-45(11-9-37)22-17-51-18-22/h2-7,12-16,22,32,43H,8-11,17-19,41H2,1H3,(H,44,50). The van der Waals surface area contributed by atoms with Gasteiger partial charge in [0.05, 0.1) is 48.1 Å². The van der Waals surface area contributed by atoms with Crippen molar-refractivity contribution < 1.29 is 41.8 Å². The minimum absolute atomic E-state index is 0.0292. The summed E-state index contributed by atoms with van der Waals surface area (Å²) in [5.41, 5.74) is 7.03. The quantitative estimate of drug-likeness (QED) is 0.128. The number of nitrogens with zero attached hydrogens (tertiary/aromatic N) is 4. The highest BCUT2D eigenvalue weighted by molar-refractivity contribution is 6.24. The zero-order valence-corrected chi connectivity index (χ0v) is 28.4. The lowest BCUT2D eigenvalue weighted by molar-refractivity contribution is -0.125. The van der Waals surface area contributed by atoms with E-state index in [4.69, 9.17) is 19.9 Å². The second-order valence-corrected chi connectivity index (χ2v) is 13.3. The number of benzene rings is 3. The van der Waals surface area contributed by atoms with Gasteiger partial charge in [-0.15, -0.1) is 0 Å². The average molecular weight is 730 g/mol. The first-order chi connectivity index (χ1) is 25.5. The van der Waals surface area contributed by atoms with Gasteiger partial charge in [-0.05, 0) is 73.9 Å². The average Bonchev–Trinajstić information content (AvgIpc) is 3.77. The predicted molar refractivity (Wildman–Crippen MR) is 187 cm³/mol. The van der Waals surface area contributed by atoms with Crippen LogP contribution in [0.4, 0.5) is 29.5 Å². The lowest BCUT2D eigenvalue weighted by Crippen LogP contribution is -2.59. The number of para-hydroxylation sites is 1. The van der Waals surface area contributed by atoms with Crippen LogP contribution in [0.2, 0.25) is 0 Å². The van der Waals surface area contributed by atoms with Gasteiger partial charge < -0.3 is 30.2 Å². The Balaban J connectivity index is 1.06. The molecule has 0 radical (unpaired) electrons. The molecule has 3 fully saturated rings. The molecule has 0 unspecified atom stereocenters. The molecule has 3 aromatic carbocycles. The molecule has 3 amide bonds. The second kappa shape index (κ2) is 13.3. The van der Waals surface area contributed by atoms with E-state index in [1.807, 2.05) is 0 Å². The van der Waals surface area contributed by atoms with Gasteiger partial charge in [0, 0.05) is 24.0 Å². The van der Waals surface area contributed by atoms with Crippen molar-refractivity contribution in [2.75, 3.05) is 43.5 Å². The SMILES string of the molecule is Cc1cc(Oc2ccccc2F)ccc1-n1ncc(C(=O)c2cc3cc(OCC(F)F)c(N4C(=O)NC5(CCN(C6COC6)CC5)C4=O)cc3[nH]2)c1N. The number of hydrogen-bond acceptors (Lipinski definition) is 9. The number of halogens is 3. The van der Waals surface area contributed by atoms with Crippen LogP contribution >= 0.6 is 0 Å². The lowest BCUT2D eigenvalue weighted by atomic mass is 9.86. The van der Waals surface area contributed by atoms with Crippen molar-refractivity contribution in [3.8, 4) is 22.9 Å². The van der Waals surface area contributed by atoms with Crippen LogP contribution in [-0.4, -0.2) is 88.3 Å². The number of carbonyl (C=O) groups excluding carboxylic acids is 3. The number of aryl methyl sites for hydroxylation is 1. The summed E-state index contributed by atoms with van der Waals surface area (Å²) in [6.07, 6.45) is -0.747. The normalized spacial score (nSPS) is 17.5. The van der Waals surface area contributed by atoms with E-state index in [-0.39, 0.29) is 40.3 Å². The molecule has 0 aliphatic carbocycles. The van der Waals surface area contributed by atoms with E-state index in [2.05, 4.69) is 20.3 Å². The Morgan fingerprint density at radius 3 is 2.53 bits per heavy atom. The zero-order valence-electron chi connectivity index (χ0n) is 28.4. The molecule has 0 atom stereocenters. The van der Waals surface area contributed by atoms with E-state index in [1.165, 1.54) is 41.2 Å². The van der Waals surface area contributed by atoms with Gasteiger partial charge in [0.15, 0.2) is 11.6 Å². The van der Waals surface area contributed by atoms with Gasteiger partial charge in [-0.2, -0.15) is 5.10 Å². The van der Waals surface area contributed by atoms with Gasteiger partial charge in [0.25, 0.3) is 12.3 Å². The highest BCUT2D eigenvalue weighted by atomic mass is 19.3. The number of H-pyrrole nitrogens is 1. The van der Waals surface area contributed by atoms with Gasteiger partial charge in [-0.25, -0.2) is 27.5 Å². The summed E-state index contributed by atoms with van der Waals surface area (Å²) >= 11 is 0. The first kappa shape index (κ1) is 34.2. The lowest BCUT2D eigenvalue weighted by Gasteiger charge is -2.43. The monoisotopic (exact) mass is 729 g/mol. The van der Waals surface area contributed by atoms with Crippen molar-refractivity contribution in [2.45, 2.75) is 37.8 Å². The minimum atomic E-state index is -2.82. The summed E-state index contributed by atoms with van der Waals surface area (Å²) in [6.45, 7) is 3.23. The summed E-state index contributed by atoms with van der Waals surface area (Å²) in [5, 5.41) is 7.61. The van der Waals surface area contributed by atoms with Gasteiger partial charge in [-0.3, -0.25) is 14.5 Å². The van der Waals surface area contributed by atoms with Crippen LogP contribution in [0, 0.1) is 12.7 Å². The second-order valence-electron chi connectivity index (χ2n) is 13.3. The number of nitrogens with two attached hydrogens (primary N) is 1. The number of ether oxygens (including phenoxy) is 3. The van der Waals surface area contributed by atoms with Crippen LogP contribution in [0.5, 0.6) is 17.2 Å². The number of anilines is 2. The number of carbonyl (C=O) groups is 3. The number of hydrogen-bond donors (Lipinski definition) is 3. The maximum Gasteiger partial charge on any atom is 0.329 e.